The van der Waals surface area contributed by atoms with Crippen LogP contribution in [0.3, 0.4) is 0 Å². The van der Waals surface area contributed by atoms with Gasteiger partial charge in [0.25, 0.3) is 0 Å². The molecule has 5 aromatic carbocycles. The van der Waals surface area contributed by atoms with Crippen molar-refractivity contribution >= 4 is 70.5 Å². The molecule has 0 spiro atoms. The van der Waals surface area contributed by atoms with Crippen molar-refractivity contribution in [3.63, 3.8) is 0 Å². The summed E-state index contributed by atoms with van der Waals surface area (Å²) in [5, 5.41) is 112. The monoisotopic (exact) mass is 1410 g/mol. The van der Waals surface area contributed by atoms with Crippen LogP contribution < -0.4 is 68.2 Å². The Labute approximate surface area is 577 Å². The number of nitrogens with one attached hydrogen (secondary N) is 8. The summed E-state index contributed by atoms with van der Waals surface area (Å²) >= 11 is 14.1. The maximum absolute atomic E-state index is 16.0. The van der Waals surface area contributed by atoms with Crippen molar-refractivity contribution in [3.8, 4) is 57.1 Å². The standard InChI is InChI=1S/C67H80Cl2N10O20/c1-5-6-7-8-9-10-17-73-54-58(88)57(87)46(27-80)98-67(54)99-59-44-22-32-23-45(59)97-43-16-13-31(21-37(43)69)56(86)53-66(95)77-51(60(71)89)35-24-33(81)25-41(83)48(35)34-19-29(11-14-40(34)82)49(63(92)79-53)76-64(93)50(32)75-62(91)39(26-47(70)84)74-65(94)52(78-61(90)38(72-4)18-28(2)3)55(85)30-12-15-42(96-44)36(68)20-30/h11-16,19-25,28,38-39,46,49-58,67,72-73,80-83,85-88H,5-10,17-18,26-27H2,1-4H3,(H2,70,84)(H2,71,89)(H,74,94)(H,75,91)(H,76,93)(H,77,95)(H,78,90)(H,79,92)/t38-,39+,46-,49-,50-,51?,52-,53+,54-,55-,56-,57-,58-,67+/m1/s1. The smallest absolute Gasteiger partial charge is 0.248 e. The summed E-state index contributed by atoms with van der Waals surface area (Å²) in [4.78, 5) is 117. The highest BCUT2D eigenvalue weighted by Crippen LogP contribution is 2.49. The van der Waals surface area contributed by atoms with Crippen LogP contribution in [-0.4, -0.2) is 163 Å². The second-order valence-corrected chi connectivity index (χ2v) is 25.8. The number of hydrogen-bond acceptors (Lipinski definition) is 22. The highest BCUT2D eigenvalue weighted by atomic mass is 35.5. The molecule has 32 heteroatoms. The molecular weight excluding hydrogens is 1340 g/mol. The van der Waals surface area contributed by atoms with E-state index in [2.05, 4.69) is 49.5 Å². The lowest BCUT2D eigenvalue weighted by molar-refractivity contribution is -0.245. The van der Waals surface area contributed by atoms with E-state index in [1.807, 2.05) is 13.8 Å². The van der Waals surface area contributed by atoms with E-state index in [1.165, 1.54) is 37.4 Å². The van der Waals surface area contributed by atoms with E-state index in [0.717, 1.165) is 80.6 Å². The van der Waals surface area contributed by atoms with E-state index < -0.39 is 191 Å². The average Bonchev–Trinajstić information content (AvgIpc) is 0.772. The van der Waals surface area contributed by atoms with Crippen molar-refractivity contribution in [1.29, 1.82) is 0 Å². The summed E-state index contributed by atoms with van der Waals surface area (Å²) in [6.07, 6.45) is -6.31. The maximum atomic E-state index is 16.0. The van der Waals surface area contributed by atoms with Crippen LogP contribution >= 0.6 is 23.2 Å². The Balaban J connectivity index is 1.31. The number of nitrogens with two attached hydrogens (primary N) is 2. The molecule has 99 heavy (non-hydrogen) atoms. The van der Waals surface area contributed by atoms with Gasteiger partial charge in [-0.15, -0.1) is 0 Å². The molecule has 1 fully saturated rings. The van der Waals surface area contributed by atoms with Crippen molar-refractivity contribution in [1.82, 2.24) is 42.5 Å². The molecule has 1 saturated heterocycles. The number of aliphatic hydroxyl groups excluding tert-OH is 5. The number of aliphatic hydroxyl groups is 5. The van der Waals surface area contributed by atoms with Gasteiger partial charge in [-0.3, -0.25) is 38.4 Å². The molecule has 1 unspecified atom stereocenters. The highest BCUT2D eigenvalue weighted by Gasteiger charge is 2.47. The minimum atomic E-state index is -2.26. The molecule has 30 nitrogen and oxygen atoms in total. The van der Waals surface area contributed by atoms with E-state index in [4.69, 9.17) is 53.6 Å². The van der Waals surface area contributed by atoms with Gasteiger partial charge in [-0.05, 0) is 115 Å². The second-order valence-electron chi connectivity index (χ2n) is 25.0. The molecule has 20 N–H and O–H groups in total. The Hall–Kier alpha value is -9.08. The summed E-state index contributed by atoms with van der Waals surface area (Å²) in [5.74, 6) is -14.2. The molecule has 11 bridgehead atoms. The van der Waals surface area contributed by atoms with E-state index in [-0.39, 0.29) is 68.2 Å². The first-order valence-corrected chi connectivity index (χ1v) is 32.8. The molecule has 0 radical (unpaired) electrons. The molecular formula is C67H80Cl2N10O20. The fraction of sp³-hybridized carbons (Fsp3) is 0.433. The Morgan fingerprint density at radius 2 is 1.26 bits per heavy atom. The van der Waals surface area contributed by atoms with Crippen LogP contribution in [0.1, 0.15) is 130 Å². The number of halogens is 2. The van der Waals surface area contributed by atoms with Gasteiger partial charge in [-0.25, -0.2) is 0 Å². The number of primary amides is 2. The molecule has 6 aliphatic heterocycles. The van der Waals surface area contributed by atoms with Crippen molar-refractivity contribution in [2.45, 2.75) is 157 Å². The first-order chi connectivity index (χ1) is 47.1. The zero-order valence-electron chi connectivity index (χ0n) is 54.1. The number of phenols is 3. The number of benzene rings is 5. The fourth-order valence-electron chi connectivity index (χ4n) is 12.2. The van der Waals surface area contributed by atoms with E-state index in [9.17, 15) is 64.8 Å². The number of unbranched alkanes of at least 4 members (excludes halogenated alkanes) is 5. The quantitative estimate of drug-likeness (QED) is 0.0527. The Morgan fingerprint density at radius 1 is 0.657 bits per heavy atom. The summed E-state index contributed by atoms with van der Waals surface area (Å²) in [6.45, 7) is 5.15. The number of ether oxygens (including phenoxy) is 4. The number of likely N-dealkylation sites (N-methyl/N-ethyl adjacent to an activating group) is 1. The van der Waals surface area contributed by atoms with E-state index in [0.29, 0.717) is 6.42 Å². The number of aromatic hydroxyl groups is 3. The first-order valence-electron chi connectivity index (χ1n) is 32.1. The van der Waals surface area contributed by atoms with Gasteiger partial charge in [0.1, 0.15) is 95.5 Å². The number of carbonyl (C=O) groups excluding carboxylic acids is 8. The average molecular weight is 1420 g/mol. The predicted octanol–water partition coefficient (Wildman–Crippen LogP) is 2.23. The van der Waals surface area contributed by atoms with Crippen LogP contribution in [-0.2, 0) is 43.1 Å². The van der Waals surface area contributed by atoms with Gasteiger partial charge in [0.15, 0.2) is 11.5 Å². The largest absolute Gasteiger partial charge is 0.508 e. The SMILES string of the molecule is CCCCCCCCN[C@H]1[C@H](Oc2c3cc4cc2Oc2ccc(cc2Cl)[C@@H](O)[C@@H](NC(=O)[C@@H](CC(C)C)NC)C(=O)N[C@@H](CC(N)=O)C(=O)N[C@H]4C(=O)N[C@H]2C(=O)N[C@H](C(=O)NC(C(N)=O)c4cc(O)cc(O)c4-c4cc2ccc4O)[C@H](O)c2ccc(c(Cl)c2)O3)O[C@H](CO)[C@@H](O)[C@@H]1O. The fourth-order valence-corrected chi connectivity index (χ4v) is 12.6. The lowest BCUT2D eigenvalue weighted by Gasteiger charge is -2.42. The molecule has 0 aliphatic carbocycles. The third kappa shape index (κ3) is 17.0. The van der Waals surface area contributed by atoms with Gasteiger partial charge in [-0.1, -0.05) is 94.3 Å². The van der Waals surface area contributed by atoms with Crippen molar-refractivity contribution in [2.75, 3.05) is 20.2 Å². The Morgan fingerprint density at radius 3 is 1.87 bits per heavy atom. The van der Waals surface area contributed by atoms with E-state index in [1.54, 1.807) is 0 Å². The Bertz CT molecular complexity index is 3890. The molecule has 0 saturated carbocycles. The Kier molecular flexibility index (Phi) is 24.2. The molecule has 5 aromatic rings. The zero-order chi connectivity index (χ0) is 71.8. The second kappa shape index (κ2) is 32.3. The van der Waals surface area contributed by atoms with Crippen LogP contribution in [0, 0.1) is 5.92 Å². The number of phenolic OH excluding ortho intramolecular Hbond substituents is 3. The molecule has 0 aromatic heterocycles. The number of amides is 8. The van der Waals surface area contributed by atoms with Crippen LogP contribution in [0.15, 0.2) is 78.9 Å². The van der Waals surface area contributed by atoms with Crippen LogP contribution in [0.5, 0.6) is 46.0 Å². The normalized spacial score (nSPS) is 25.1. The maximum Gasteiger partial charge on any atom is 0.248 e. The zero-order valence-corrected chi connectivity index (χ0v) is 55.6. The highest BCUT2D eigenvalue weighted by molar-refractivity contribution is 6.32. The number of rotatable bonds is 19. The topological polar surface area (TPSA) is 484 Å². The van der Waals surface area contributed by atoms with Crippen LogP contribution in [0.4, 0.5) is 0 Å². The molecule has 532 valence electrons. The van der Waals surface area contributed by atoms with Crippen LogP contribution in [0.25, 0.3) is 11.1 Å². The number of fused-ring (bicyclic) bond motifs is 15. The third-order valence-corrected chi connectivity index (χ3v) is 18.0. The molecule has 6 heterocycles. The third-order valence-electron chi connectivity index (χ3n) is 17.4. The van der Waals surface area contributed by atoms with Gasteiger partial charge < -0.3 is 114 Å². The minimum absolute atomic E-state index is 0.0714. The molecule has 6 aliphatic rings. The first kappa shape index (κ1) is 74.2. The number of carbonyl (C=O) groups is 8. The van der Waals surface area contributed by atoms with Crippen molar-refractivity contribution < 1.29 is 98.2 Å². The molecule has 8 amide bonds. The van der Waals surface area contributed by atoms with Gasteiger partial charge >= 0.3 is 0 Å². The van der Waals surface area contributed by atoms with Gasteiger partial charge in [0.2, 0.25) is 59.3 Å². The predicted molar refractivity (Wildman–Crippen MR) is 354 cm³/mol. The van der Waals surface area contributed by atoms with Crippen LogP contribution in [0.2, 0.25) is 10.0 Å². The van der Waals surface area contributed by atoms with Gasteiger partial charge in [0.05, 0.1) is 35.2 Å². The summed E-state index contributed by atoms with van der Waals surface area (Å²) in [5.41, 5.74) is 9.40. The molecule has 14 atom stereocenters. The summed E-state index contributed by atoms with van der Waals surface area (Å²) < 4.78 is 26.3. The van der Waals surface area contributed by atoms with Crippen molar-refractivity contribution in [3.05, 3.63) is 117 Å². The number of hydrogen-bond donors (Lipinski definition) is 18. The lowest BCUT2D eigenvalue weighted by Crippen LogP contribution is -2.64. The van der Waals surface area contributed by atoms with Crippen molar-refractivity contribution in [2.24, 2.45) is 17.4 Å². The van der Waals surface area contributed by atoms with Gasteiger partial charge in [-0.2, -0.15) is 0 Å². The summed E-state index contributed by atoms with van der Waals surface area (Å²) in [6, 6.07) is -0.481. The van der Waals surface area contributed by atoms with E-state index >= 15 is 14.4 Å². The molecule has 11 rings (SSSR count). The lowest BCUT2D eigenvalue weighted by atomic mass is 9.89. The van der Waals surface area contributed by atoms with Gasteiger partial charge in [0, 0.05) is 17.2 Å². The minimum Gasteiger partial charge on any atom is -0.508 e. The summed E-state index contributed by atoms with van der Waals surface area (Å²) in [7, 11) is 1.49.